The number of nitrogens with zero attached hydrogens (tertiary/aromatic N) is 1. The van der Waals surface area contributed by atoms with E-state index in [1.807, 2.05) is 68.4 Å². The molecule has 0 radical (unpaired) electrons. The Morgan fingerprint density at radius 3 is 2.13 bits per heavy atom. The van der Waals surface area contributed by atoms with Crippen LogP contribution in [0, 0.1) is 5.41 Å². The van der Waals surface area contributed by atoms with E-state index in [-0.39, 0.29) is 18.4 Å². The molecule has 4 nitrogen and oxygen atoms in total. The summed E-state index contributed by atoms with van der Waals surface area (Å²) < 4.78 is 0. The van der Waals surface area contributed by atoms with Crippen molar-refractivity contribution in [2.45, 2.75) is 33.2 Å². The Bertz CT molecular complexity index is 663. The fraction of sp³-hybridized carbons (Fsp3) is 0.263. The van der Waals surface area contributed by atoms with Gasteiger partial charge in [0.15, 0.2) is 0 Å². The average molecular weight is 309 g/mol. The number of carbonyl (C=O) groups is 1. The molecule has 23 heavy (non-hydrogen) atoms. The van der Waals surface area contributed by atoms with Gasteiger partial charge in [0.1, 0.15) is 0 Å². The molecule has 2 aromatic carbocycles. The van der Waals surface area contributed by atoms with Crippen LogP contribution in [0.2, 0.25) is 0 Å². The lowest BCUT2D eigenvalue weighted by Crippen LogP contribution is -2.37. The highest BCUT2D eigenvalue weighted by Gasteiger charge is 2.19. The molecule has 0 atom stereocenters. The molecule has 2 N–H and O–H groups in total. The van der Waals surface area contributed by atoms with E-state index in [1.165, 1.54) is 0 Å². The maximum atomic E-state index is 12.3. The van der Waals surface area contributed by atoms with Crippen molar-refractivity contribution in [1.29, 1.82) is 5.41 Å². The zero-order chi connectivity index (χ0) is 16.8. The molecule has 4 heteroatoms. The molecule has 0 saturated heterocycles. The number of amides is 1. The second kappa shape index (κ2) is 7.58. The van der Waals surface area contributed by atoms with Crippen molar-refractivity contribution in [3.8, 4) is 0 Å². The van der Waals surface area contributed by atoms with Crippen LogP contribution in [-0.2, 0) is 4.79 Å². The topological polar surface area (TPSA) is 56.2 Å². The number of benzene rings is 2. The van der Waals surface area contributed by atoms with Crippen LogP contribution < -0.4 is 10.2 Å². The first-order chi connectivity index (χ1) is 11.0. The maximum absolute atomic E-state index is 12.3. The highest BCUT2D eigenvalue weighted by atomic mass is 16.2. The van der Waals surface area contributed by atoms with E-state index in [0.29, 0.717) is 5.71 Å². The third kappa shape index (κ3) is 4.68. The summed E-state index contributed by atoms with van der Waals surface area (Å²) in [5, 5.41) is 10.8. The molecule has 0 heterocycles. The van der Waals surface area contributed by atoms with E-state index in [1.54, 1.807) is 11.8 Å². The monoisotopic (exact) mass is 309 g/mol. The Labute approximate surface area is 137 Å². The van der Waals surface area contributed by atoms with E-state index in [4.69, 9.17) is 5.41 Å². The van der Waals surface area contributed by atoms with Gasteiger partial charge in [-0.25, -0.2) is 0 Å². The fourth-order valence-corrected chi connectivity index (χ4v) is 2.44. The number of hydrogen-bond acceptors (Lipinski definition) is 3. The lowest BCUT2D eigenvalue weighted by Gasteiger charge is -2.27. The normalized spacial score (nSPS) is 10.4. The largest absolute Gasteiger partial charge is 0.356 e. The van der Waals surface area contributed by atoms with Crippen LogP contribution in [-0.4, -0.2) is 17.7 Å². The SMILES string of the molecule is CC(=N)CC(=O)N(c1ccc(Nc2ccccc2)cc1)C(C)C. The van der Waals surface area contributed by atoms with Gasteiger partial charge in [0.2, 0.25) is 5.91 Å². The van der Waals surface area contributed by atoms with Crippen molar-refractivity contribution >= 4 is 28.7 Å². The van der Waals surface area contributed by atoms with Gasteiger partial charge in [-0.2, -0.15) is 0 Å². The van der Waals surface area contributed by atoms with Gasteiger partial charge >= 0.3 is 0 Å². The summed E-state index contributed by atoms with van der Waals surface area (Å²) >= 11 is 0. The molecule has 0 fully saturated rings. The van der Waals surface area contributed by atoms with Crippen molar-refractivity contribution in [3.63, 3.8) is 0 Å². The van der Waals surface area contributed by atoms with E-state index < -0.39 is 0 Å². The molecule has 0 aliphatic carbocycles. The number of carbonyl (C=O) groups excluding carboxylic acids is 1. The van der Waals surface area contributed by atoms with Crippen LogP contribution in [0.1, 0.15) is 27.2 Å². The highest BCUT2D eigenvalue weighted by Crippen LogP contribution is 2.23. The lowest BCUT2D eigenvalue weighted by atomic mass is 10.1. The summed E-state index contributed by atoms with van der Waals surface area (Å²) in [5.74, 6) is -0.0451. The molecule has 0 aliphatic heterocycles. The van der Waals surface area contributed by atoms with Crippen molar-refractivity contribution in [3.05, 3.63) is 54.6 Å². The Morgan fingerprint density at radius 2 is 1.61 bits per heavy atom. The zero-order valence-corrected chi connectivity index (χ0v) is 13.8. The minimum absolute atomic E-state index is 0.0451. The molecule has 2 rings (SSSR count). The molecule has 2 aromatic rings. The summed E-state index contributed by atoms with van der Waals surface area (Å²) in [4.78, 5) is 14.1. The smallest absolute Gasteiger partial charge is 0.232 e. The van der Waals surface area contributed by atoms with Crippen LogP contribution in [0.25, 0.3) is 0 Å². The first-order valence-electron chi connectivity index (χ1n) is 7.75. The van der Waals surface area contributed by atoms with Crippen LogP contribution in [0.15, 0.2) is 54.6 Å². The number of para-hydroxylation sites is 1. The van der Waals surface area contributed by atoms with Crippen LogP contribution in [0.5, 0.6) is 0 Å². The van der Waals surface area contributed by atoms with Gasteiger partial charge in [0, 0.05) is 28.8 Å². The summed E-state index contributed by atoms with van der Waals surface area (Å²) in [6.45, 7) is 5.61. The molecule has 120 valence electrons. The molecular formula is C19H23N3O. The molecular weight excluding hydrogens is 286 g/mol. The van der Waals surface area contributed by atoms with Crippen molar-refractivity contribution in [2.24, 2.45) is 0 Å². The van der Waals surface area contributed by atoms with Crippen molar-refractivity contribution in [1.82, 2.24) is 0 Å². The standard InChI is InChI=1S/C19H23N3O/c1-14(2)22(19(23)13-15(3)20)18-11-9-17(10-12-18)21-16-7-5-4-6-8-16/h4-12,14,20-21H,13H2,1-3H3. The third-order valence-electron chi connectivity index (χ3n) is 3.41. The summed E-state index contributed by atoms with van der Waals surface area (Å²) in [7, 11) is 0. The predicted molar refractivity (Wildman–Crippen MR) is 96.8 cm³/mol. The summed E-state index contributed by atoms with van der Waals surface area (Å²) in [6.07, 6.45) is 0.155. The lowest BCUT2D eigenvalue weighted by molar-refractivity contribution is -0.117. The fourth-order valence-electron chi connectivity index (χ4n) is 2.44. The quantitative estimate of drug-likeness (QED) is 0.766. The first-order valence-corrected chi connectivity index (χ1v) is 7.75. The Balaban J connectivity index is 2.15. The molecule has 0 aliphatic rings. The van der Waals surface area contributed by atoms with Gasteiger partial charge in [0.25, 0.3) is 0 Å². The Morgan fingerprint density at radius 1 is 1.04 bits per heavy atom. The molecule has 1 amide bonds. The van der Waals surface area contributed by atoms with Gasteiger partial charge in [0.05, 0.1) is 6.42 Å². The number of anilines is 3. The van der Waals surface area contributed by atoms with E-state index in [0.717, 1.165) is 17.1 Å². The molecule has 0 aromatic heterocycles. The maximum Gasteiger partial charge on any atom is 0.232 e. The van der Waals surface area contributed by atoms with Gasteiger partial charge in [-0.05, 0) is 57.2 Å². The average Bonchev–Trinajstić information content (AvgIpc) is 2.49. The van der Waals surface area contributed by atoms with Gasteiger partial charge < -0.3 is 15.6 Å². The molecule has 0 bridgehead atoms. The third-order valence-corrected chi connectivity index (χ3v) is 3.41. The molecule has 0 unspecified atom stereocenters. The van der Waals surface area contributed by atoms with Gasteiger partial charge in [-0.3, -0.25) is 4.79 Å². The van der Waals surface area contributed by atoms with E-state index in [2.05, 4.69) is 5.32 Å². The Kier molecular flexibility index (Phi) is 5.52. The summed E-state index contributed by atoms with van der Waals surface area (Å²) in [5.41, 5.74) is 3.23. The van der Waals surface area contributed by atoms with E-state index >= 15 is 0 Å². The minimum Gasteiger partial charge on any atom is -0.356 e. The Hall–Kier alpha value is -2.62. The number of rotatable bonds is 6. The predicted octanol–water partition coefficient (Wildman–Crippen LogP) is 4.60. The van der Waals surface area contributed by atoms with Crippen molar-refractivity contribution < 1.29 is 4.79 Å². The van der Waals surface area contributed by atoms with Gasteiger partial charge in [-0.1, -0.05) is 18.2 Å². The zero-order valence-electron chi connectivity index (χ0n) is 13.8. The van der Waals surface area contributed by atoms with Crippen LogP contribution in [0.4, 0.5) is 17.1 Å². The molecule has 0 spiro atoms. The number of nitrogens with one attached hydrogen (secondary N) is 2. The summed E-state index contributed by atoms with van der Waals surface area (Å²) in [6, 6.07) is 17.8. The highest BCUT2D eigenvalue weighted by molar-refractivity contribution is 6.06. The van der Waals surface area contributed by atoms with Crippen LogP contribution in [0.3, 0.4) is 0 Å². The van der Waals surface area contributed by atoms with Crippen molar-refractivity contribution in [2.75, 3.05) is 10.2 Å². The first kappa shape index (κ1) is 16.7. The number of hydrogen-bond donors (Lipinski definition) is 2. The van der Waals surface area contributed by atoms with E-state index in [9.17, 15) is 4.79 Å². The second-order valence-electron chi connectivity index (χ2n) is 5.85. The molecule has 0 saturated carbocycles. The second-order valence-corrected chi connectivity index (χ2v) is 5.85. The minimum atomic E-state index is -0.0451. The van der Waals surface area contributed by atoms with Gasteiger partial charge in [-0.15, -0.1) is 0 Å². The van der Waals surface area contributed by atoms with Crippen LogP contribution >= 0.6 is 0 Å².